The molecule has 4 nitrogen and oxygen atoms in total. The quantitative estimate of drug-likeness (QED) is 0.368. The molecule has 1 fully saturated rings. The van der Waals surface area contributed by atoms with Crippen molar-refractivity contribution >= 4 is 20.6 Å². The first-order valence-electron chi connectivity index (χ1n) is 9.88. The van der Waals surface area contributed by atoms with Crippen molar-refractivity contribution in [1.29, 1.82) is 0 Å². The minimum Gasteiger partial charge on any atom is -0.469 e. The number of rotatable bonds is 6. The van der Waals surface area contributed by atoms with Gasteiger partial charge in [-0.25, -0.2) is 0 Å². The third-order valence-electron chi connectivity index (χ3n) is 7.23. The Balaban J connectivity index is 2.24. The number of esters is 1. The van der Waals surface area contributed by atoms with Crippen LogP contribution in [0.25, 0.3) is 0 Å². The van der Waals surface area contributed by atoms with Crippen LogP contribution in [0.2, 0.25) is 18.1 Å². The van der Waals surface area contributed by atoms with E-state index in [1.807, 2.05) is 0 Å². The number of ether oxygens (including phenoxy) is 1. The molecule has 0 amide bonds. The van der Waals surface area contributed by atoms with Crippen molar-refractivity contribution in [3.63, 3.8) is 0 Å². The summed E-state index contributed by atoms with van der Waals surface area (Å²) < 4.78 is 11.6. The van der Waals surface area contributed by atoms with Gasteiger partial charge in [-0.1, -0.05) is 33.3 Å². The van der Waals surface area contributed by atoms with Crippen LogP contribution in [-0.4, -0.2) is 33.8 Å². The van der Waals surface area contributed by atoms with E-state index in [1.54, 1.807) is 0 Å². The smallest absolute Gasteiger partial charge is 0.305 e. The summed E-state index contributed by atoms with van der Waals surface area (Å²) in [4.78, 5) is 23.3. The van der Waals surface area contributed by atoms with E-state index in [-0.39, 0.29) is 22.5 Å². The molecular formula is C21H36O4Si. The van der Waals surface area contributed by atoms with E-state index in [0.717, 1.165) is 37.5 Å². The van der Waals surface area contributed by atoms with E-state index in [9.17, 15) is 9.59 Å². The summed E-state index contributed by atoms with van der Waals surface area (Å²) in [6, 6.07) is 0. The molecule has 0 spiro atoms. The normalized spacial score (nSPS) is 29.5. The van der Waals surface area contributed by atoms with Gasteiger partial charge >= 0.3 is 5.97 Å². The molecule has 26 heavy (non-hydrogen) atoms. The lowest BCUT2D eigenvalue weighted by Gasteiger charge is -2.46. The molecule has 0 heterocycles. The third kappa shape index (κ3) is 3.98. The van der Waals surface area contributed by atoms with E-state index < -0.39 is 8.32 Å². The molecule has 148 valence electrons. The predicted octanol–water partition coefficient (Wildman–Crippen LogP) is 5.04. The molecule has 0 aromatic rings. The maximum absolute atomic E-state index is 11.6. The van der Waals surface area contributed by atoms with E-state index in [0.29, 0.717) is 18.8 Å². The van der Waals surface area contributed by atoms with Crippen LogP contribution >= 0.6 is 0 Å². The van der Waals surface area contributed by atoms with Gasteiger partial charge in [-0.15, -0.1) is 0 Å². The van der Waals surface area contributed by atoms with Gasteiger partial charge in [0.1, 0.15) is 6.29 Å². The monoisotopic (exact) mass is 380 g/mol. The van der Waals surface area contributed by atoms with Crippen LogP contribution in [0, 0.1) is 11.3 Å². The number of methoxy groups -OCH3 is 1. The molecule has 0 saturated heterocycles. The van der Waals surface area contributed by atoms with Crippen LogP contribution in [0.3, 0.4) is 0 Å². The topological polar surface area (TPSA) is 52.6 Å². The Bertz CT molecular complexity index is 587. The lowest BCUT2D eigenvalue weighted by atomic mass is 9.65. The fourth-order valence-corrected chi connectivity index (χ4v) is 5.88. The van der Waals surface area contributed by atoms with E-state index >= 15 is 0 Å². The molecule has 0 radical (unpaired) electrons. The minimum atomic E-state index is -1.84. The molecular weight excluding hydrogens is 344 g/mol. The Kier molecular flexibility index (Phi) is 6.23. The first kappa shape index (κ1) is 21.4. The van der Waals surface area contributed by atoms with Crippen molar-refractivity contribution in [2.45, 2.75) is 90.5 Å². The van der Waals surface area contributed by atoms with Crippen LogP contribution in [0.4, 0.5) is 0 Å². The zero-order chi connectivity index (χ0) is 19.8. The lowest BCUT2D eigenvalue weighted by molar-refractivity contribution is -0.140. The summed E-state index contributed by atoms with van der Waals surface area (Å²) in [5.41, 5.74) is 2.15. The van der Waals surface area contributed by atoms with Crippen molar-refractivity contribution in [2.24, 2.45) is 11.3 Å². The Labute approximate surface area is 159 Å². The van der Waals surface area contributed by atoms with Crippen LogP contribution in [0.1, 0.15) is 66.2 Å². The highest BCUT2D eigenvalue weighted by Gasteiger charge is 2.53. The molecule has 2 rings (SSSR count). The second-order valence-electron chi connectivity index (χ2n) is 9.75. The van der Waals surface area contributed by atoms with Gasteiger partial charge in [0.2, 0.25) is 0 Å². The maximum atomic E-state index is 11.6. The van der Waals surface area contributed by atoms with Crippen LogP contribution < -0.4 is 0 Å². The van der Waals surface area contributed by atoms with Gasteiger partial charge in [0.05, 0.1) is 13.2 Å². The zero-order valence-corrected chi connectivity index (χ0v) is 18.6. The van der Waals surface area contributed by atoms with E-state index in [4.69, 9.17) is 9.16 Å². The molecule has 0 aromatic carbocycles. The van der Waals surface area contributed by atoms with Crippen molar-refractivity contribution in [3.8, 4) is 0 Å². The number of carbonyl (C=O) groups is 2. The second kappa shape index (κ2) is 7.59. The second-order valence-corrected chi connectivity index (χ2v) is 14.5. The Morgan fingerprint density at radius 3 is 2.50 bits per heavy atom. The van der Waals surface area contributed by atoms with Crippen molar-refractivity contribution < 1.29 is 18.8 Å². The summed E-state index contributed by atoms with van der Waals surface area (Å²) >= 11 is 0. The molecule has 0 N–H and O–H groups in total. The van der Waals surface area contributed by atoms with Gasteiger partial charge in [-0.2, -0.15) is 0 Å². The maximum Gasteiger partial charge on any atom is 0.305 e. The zero-order valence-electron chi connectivity index (χ0n) is 17.6. The Hall–Kier alpha value is -0.943. The predicted molar refractivity (Wildman–Crippen MR) is 106 cm³/mol. The van der Waals surface area contributed by atoms with Crippen molar-refractivity contribution in [3.05, 3.63) is 11.1 Å². The minimum absolute atomic E-state index is 0.0630. The Morgan fingerprint density at radius 1 is 1.31 bits per heavy atom. The highest BCUT2D eigenvalue weighted by molar-refractivity contribution is 6.74. The number of carbonyl (C=O) groups excluding carboxylic acids is 2. The molecule has 5 heteroatoms. The van der Waals surface area contributed by atoms with Gasteiger partial charge < -0.3 is 9.16 Å². The van der Waals surface area contributed by atoms with Gasteiger partial charge in [0.15, 0.2) is 8.32 Å². The fourth-order valence-electron chi connectivity index (χ4n) is 4.43. The first-order chi connectivity index (χ1) is 12.0. The number of hydrogen-bond acceptors (Lipinski definition) is 4. The lowest BCUT2D eigenvalue weighted by Crippen LogP contribution is -2.48. The number of allylic oxidation sites excluding steroid dienone is 2. The van der Waals surface area contributed by atoms with Gasteiger partial charge in [-0.05, 0) is 67.1 Å². The van der Waals surface area contributed by atoms with Gasteiger partial charge in [0, 0.05) is 6.42 Å². The first-order valence-corrected chi connectivity index (χ1v) is 12.8. The SMILES string of the molecule is COC(=O)CCC1=C(C=O)CC[C@]2(C)[C@@H](O[Si](C)(C)C(C)(C)C)CC[C@@H]12. The largest absolute Gasteiger partial charge is 0.469 e. The molecule has 0 aliphatic heterocycles. The summed E-state index contributed by atoms with van der Waals surface area (Å²) in [6.45, 7) is 13.8. The summed E-state index contributed by atoms with van der Waals surface area (Å²) in [5.74, 6) is 0.137. The average Bonchev–Trinajstić information content (AvgIpc) is 2.87. The molecule has 0 bridgehead atoms. The highest BCUT2D eigenvalue weighted by Crippen LogP contribution is 2.57. The van der Waals surface area contributed by atoms with Crippen LogP contribution in [0.5, 0.6) is 0 Å². The van der Waals surface area contributed by atoms with Crippen molar-refractivity contribution in [1.82, 2.24) is 0 Å². The number of fused-ring (bicyclic) bond motifs is 1. The summed E-state index contributed by atoms with van der Waals surface area (Å²) in [7, 11) is -0.425. The number of hydrogen-bond donors (Lipinski definition) is 0. The number of aldehydes is 1. The fraction of sp³-hybridized carbons (Fsp3) is 0.810. The molecule has 1 saturated carbocycles. The van der Waals surface area contributed by atoms with Gasteiger partial charge in [-0.3, -0.25) is 9.59 Å². The third-order valence-corrected chi connectivity index (χ3v) is 11.7. The van der Waals surface area contributed by atoms with Gasteiger partial charge in [0.25, 0.3) is 0 Å². The van der Waals surface area contributed by atoms with Crippen LogP contribution in [0.15, 0.2) is 11.1 Å². The average molecular weight is 381 g/mol. The Morgan fingerprint density at radius 2 is 1.96 bits per heavy atom. The van der Waals surface area contributed by atoms with Crippen molar-refractivity contribution in [2.75, 3.05) is 7.11 Å². The van der Waals surface area contributed by atoms with E-state index in [2.05, 4.69) is 40.8 Å². The van der Waals surface area contributed by atoms with E-state index in [1.165, 1.54) is 12.7 Å². The van der Waals surface area contributed by atoms with Crippen LogP contribution in [-0.2, 0) is 18.8 Å². The molecule has 2 aliphatic carbocycles. The highest BCUT2D eigenvalue weighted by atomic mass is 28.4. The summed E-state index contributed by atoms with van der Waals surface area (Å²) in [5, 5.41) is 0.188. The molecule has 0 aromatic heterocycles. The summed E-state index contributed by atoms with van der Waals surface area (Å²) in [6.07, 6.45) is 6.11. The standard InChI is InChI=1S/C21H36O4Si/c1-20(2,3)26(6,7)25-18-10-9-17-16(8-11-19(23)24-5)15(14-22)12-13-21(17,18)4/h14,17-18H,8-13H2,1-7H3/t17-,18-,21-/m0/s1. The molecule has 3 atom stereocenters. The molecule has 2 aliphatic rings. The molecule has 0 unspecified atom stereocenters.